The molecule has 1 aliphatic rings. The van der Waals surface area contributed by atoms with E-state index >= 15 is 0 Å². The molecular weight excluding hydrogens is 354 g/mol. The fourth-order valence-corrected chi connectivity index (χ4v) is 4.00. The second-order valence-electron chi connectivity index (χ2n) is 7.19. The third-order valence-electron chi connectivity index (χ3n) is 5.67. The highest BCUT2D eigenvalue weighted by Crippen LogP contribution is 2.40. The van der Waals surface area contributed by atoms with Gasteiger partial charge in [0, 0.05) is 32.4 Å². The van der Waals surface area contributed by atoms with Crippen LogP contribution in [0.1, 0.15) is 35.6 Å². The van der Waals surface area contributed by atoms with E-state index < -0.39 is 5.41 Å². The summed E-state index contributed by atoms with van der Waals surface area (Å²) in [6.45, 7) is 3.57. The lowest BCUT2D eigenvalue weighted by atomic mass is 9.73. The molecule has 1 fully saturated rings. The van der Waals surface area contributed by atoms with Crippen molar-refractivity contribution in [2.75, 3.05) is 34.0 Å². The fourth-order valence-electron chi connectivity index (χ4n) is 4.00. The molecule has 2 aromatic carbocycles. The zero-order valence-electron chi connectivity index (χ0n) is 16.9. The second-order valence-corrected chi connectivity index (χ2v) is 7.19. The van der Waals surface area contributed by atoms with Gasteiger partial charge in [-0.1, -0.05) is 42.5 Å². The molecule has 0 aromatic heterocycles. The summed E-state index contributed by atoms with van der Waals surface area (Å²) in [5.41, 5.74) is 2.50. The highest BCUT2D eigenvalue weighted by Gasteiger charge is 2.43. The number of aryl methyl sites for hydroxylation is 1. The molecule has 5 heteroatoms. The van der Waals surface area contributed by atoms with Crippen molar-refractivity contribution in [3.8, 4) is 5.75 Å². The molecule has 28 heavy (non-hydrogen) atoms. The Bertz CT molecular complexity index is 799. The maximum atomic E-state index is 13.4. The lowest BCUT2D eigenvalue weighted by Gasteiger charge is -2.37. The first-order valence-electron chi connectivity index (χ1n) is 9.70. The molecule has 1 atom stereocenters. The zero-order chi connectivity index (χ0) is 20.0. The minimum Gasteiger partial charge on any atom is -0.496 e. The van der Waals surface area contributed by atoms with Gasteiger partial charge in [-0.15, -0.1) is 0 Å². The Hall–Kier alpha value is -2.37. The van der Waals surface area contributed by atoms with E-state index in [4.69, 9.17) is 14.2 Å². The standard InChI is InChI=1S/C23H29NO4/c1-17-8-4-5-9-18(17)21(27-3)16-24-22(25)23(12-14-28-15-13-23)19-10-6-7-11-20(19)26-2/h4-11,21H,12-16H2,1-3H3,(H,24,25). The van der Waals surface area contributed by atoms with E-state index in [0.717, 1.165) is 22.4 Å². The van der Waals surface area contributed by atoms with Crippen LogP contribution in [0.25, 0.3) is 0 Å². The van der Waals surface area contributed by atoms with Gasteiger partial charge in [0.1, 0.15) is 5.75 Å². The van der Waals surface area contributed by atoms with Gasteiger partial charge in [-0.3, -0.25) is 4.79 Å². The van der Waals surface area contributed by atoms with Crippen LogP contribution in [0.3, 0.4) is 0 Å². The molecule has 1 saturated heterocycles. The lowest BCUT2D eigenvalue weighted by Crippen LogP contribution is -2.49. The summed E-state index contributed by atoms with van der Waals surface area (Å²) < 4.78 is 16.8. The van der Waals surface area contributed by atoms with Crippen molar-refractivity contribution in [1.29, 1.82) is 0 Å². The predicted molar refractivity (Wildman–Crippen MR) is 109 cm³/mol. The Morgan fingerprint density at radius 1 is 1.11 bits per heavy atom. The van der Waals surface area contributed by atoms with Crippen molar-refractivity contribution in [3.63, 3.8) is 0 Å². The van der Waals surface area contributed by atoms with E-state index in [1.54, 1.807) is 14.2 Å². The van der Waals surface area contributed by atoms with Gasteiger partial charge in [0.2, 0.25) is 5.91 Å². The zero-order valence-corrected chi connectivity index (χ0v) is 16.9. The van der Waals surface area contributed by atoms with E-state index in [0.29, 0.717) is 32.6 Å². The van der Waals surface area contributed by atoms with Crippen LogP contribution in [0.4, 0.5) is 0 Å². The molecule has 0 bridgehead atoms. The number of para-hydroxylation sites is 1. The number of hydrogen-bond donors (Lipinski definition) is 1. The van der Waals surface area contributed by atoms with Crippen LogP contribution in [-0.2, 0) is 19.7 Å². The molecule has 0 spiro atoms. The van der Waals surface area contributed by atoms with E-state index in [9.17, 15) is 4.79 Å². The summed E-state index contributed by atoms with van der Waals surface area (Å²) in [5, 5.41) is 3.14. The number of carbonyl (C=O) groups excluding carboxylic acids is 1. The Balaban J connectivity index is 1.83. The van der Waals surface area contributed by atoms with Crippen LogP contribution >= 0.6 is 0 Å². The number of benzene rings is 2. The summed E-state index contributed by atoms with van der Waals surface area (Å²) in [6, 6.07) is 15.9. The molecule has 1 heterocycles. The average Bonchev–Trinajstić information content (AvgIpc) is 2.75. The molecule has 0 aliphatic carbocycles. The van der Waals surface area contributed by atoms with Gasteiger partial charge in [0.15, 0.2) is 0 Å². The summed E-state index contributed by atoms with van der Waals surface area (Å²) in [4.78, 5) is 13.4. The van der Waals surface area contributed by atoms with E-state index in [2.05, 4.69) is 18.3 Å². The van der Waals surface area contributed by atoms with Crippen molar-refractivity contribution in [3.05, 3.63) is 65.2 Å². The molecule has 1 amide bonds. The van der Waals surface area contributed by atoms with Gasteiger partial charge in [-0.05, 0) is 37.0 Å². The normalized spacial score (nSPS) is 17.0. The quantitative estimate of drug-likeness (QED) is 0.794. The van der Waals surface area contributed by atoms with Gasteiger partial charge < -0.3 is 19.5 Å². The van der Waals surface area contributed by atoms with Crippen molar-refractivity contribution in [1.82, 2.24) is 5.32 Å². The monoisotopic (exact) mass is 383 g/mol. The Morgan fingerprint density at radius 2 is 1.79 bits per heavy atom. The van der Waals surface area contributed by atoms with Gasteiger partial charge in [-0.25, -0.2) is 0 Å². The molecule has 0 radical (unpaired) electrons. The smallest absolute Gasteiger partial charge is 0.231 e. The molecule has 5 nitrogen and oxygen atoms in total. The number of carbonyl (C=O) groups is 1. The van der Waals surface area contributed by atoms with Crippen molar-refractivity contribution in [2.24, 2.45) is 0 Å². The molecular formula is C23H29NO4. The Kier molecular flexibility index (Phi) is 6.70. The van der Waals surface area contributed by atoms with Crippen LogP contribution in [-0.4, -0.2) is 39.9 Å². The van der Waals surface area contributed by atoms with Crippen molar-refractivity contribution < 1.29 is 19.0 Å². The van der Waals surface area contributed by atoms with Crippen LogP contribution in [0.15, 0.2) is 48.5 Å². The van der Waals surface area contributed by atoms with Gasteiger partial charge >= 0.3 is 0 Å². The topological polar surface area (TPSA) is 56.8 Å². The highest BCUT2D eigenvalue weighted by atomic mass is 16.5. The largest absolute Gasteiger partial charge is 0.496 e. The SMILES string of the molecule is COc1ccccc1C1(C(=O)NCC(OC)c2ccccc2C)CCOCC1. The average molecular weight is 383 g/mol. The van der Waals surface area contributed by atoms with E-state index in [1.807, 2.05) is 42.5 Å². The van der Waals surface area contributed by atoms with Crippen molar-refractivity contribution >= 4 is 5.91 Å². The minimum absolute atomic E-state index is 0.00376. The van der Waals surface area contributed by atoms with Crippen LogP contribution in [0, 0.1) is 6.92 Å². The number of nitrogens with one attached hydrogen (secondary N) is 1. The third-order valence-corrected chi connectivity index (χ3v) is 5.67. The molecule has 1 unspecified atom stereocenters. The molecule has 0 saturated carbocycles. The maximum absolute atomic E-state index is 13.4. The molecule has 3 rings (SSSR count). The highest BCUT2D eigenvalue weighted by molar-refractivity contribution is 5.89. The lowest BCUT2D eigenvalue weighted by molar-refractivity contribution is -0.131. The van der Waals surface area contributed by atoms with Gasteiger partial charge in [-0.2, -0.15) is 0 Å². The van der Waals surface area contributed by atoms with E-state index in [1.165, 1.54) is 0 Å². The van der Waals surface area contributed by atoms with Gasteiger partial charge in [0.05, 0.1) is 18.6 Å². The molecule has 2 aromatic rings. The molecule has 1 aliphatic heterocycles. The number of amides is 1. The molecule has 150 valence electrons. The number of rotatable bonds is 7. The summed E-state index contributed by atoms with van der Waals surface area (Å²) in [5.74, 6) is 0.734. The first-order chi connectivity index (χ1) is 13.6. The number of methoxy groups -OCH3 is 2. The van der Waals surface area contributed by atoms with Crippen LogP contribution in [0.5, 0.6) is 5.75 Å². The van der Waals surface area contributed by atoms with E-state index in [-0.39, 0.29) is 12.0 Å². The summed E-state index contributed by atoms with van der Waals surface area (Å²) in [7, 11) is 3.32. The number of hydrogen-bond acceptors (Lipinski definition) is 4. The van der Waals surface area contributed by atoms with Crippen LogP contribution in [0.2, 0.25) is 0 Å². The van der Waals surface area contributed by atoms with Crippen molar-refractivity contribution in [2.45, 2.75) is 31.3 Å². The first kappa shape index (κ1) is 20.4. The first-order valence-corrected chi connectivity index (χ1v) is 9.70. The summed E-state index contributed by atoms with van der Waals surface area (Å²) >= 11 is 0. The fraction of sp³-hybridized carbons (Fsp3) is 0.435. The maximum Gasteiger partial charge on any atom is 0.231 e. The minimum atomic E-state index is -0.658. The Labute approximate surface area is 167 Å². The Morgan fingerprint density at radius 3 is 2.46 bits per heavy atom. The third kappa shape index (κ3) is 4.05. The molecule has 1 N–H and O–H groups in total. The second kappa shape index (κ2) is 9.22. The number of ether oxygens (including phenoxy) is 3. The predicted octanol–water partition coefficient (Wildman–Crippen LogP) is 3.56. The van der Waals surface area contributed by atoms with Crippen LogP contribution < -0.4 is 10.1 Å². The van der Waals surface area contributed by atoms with Gasteiger partial charge in [0.25, 0.3) is 0 Å². The summed E-state index contributed by atoms with van der Waals surface area (Å²) in [6.07, 6.45) is 1.06.